The number of hydrogen-bond acceptors (Lipinski definition) is 4. The van der Waals surface area contributed by atoms with Gasteiger partial charge in [-0.3, -0.25) is 14.4 Å². The summed E-state index contributed by atoms with van der Waals surface area (Å²) >= 11 is 0. The van der Waals surface area contributed by atoms with E-state index in [0.717, 1.165) is 22.4 Å². The van der Waals surface area contributed by atoms with Crippen LogP contribution in [0.15, 0.2) is 66.7 Å². The number of hydrogen-bond donors (Lipinski definition) is 2. The van der Waals surface area contributed by atoms with Gasteiger partial charge in [-0.1, -0.05) is 42.5 Å². The maximum atomic E-state index is 12.6. The van der Waals surface area contributed by atoms with Crippen LogP contribution in [0.5, 0.6) is 5.75 Å². The Labute approximate surface area is 173 Å². The molecule has 1 aliphatic carbocycles. The molecule has 0 heterocycles. The molecule has 0 unspecified atom stereocenters. The molecule has 3 aromatic rings. The maximum Gasteiger partial charge on any atom is 0.251 e. The summed E-state index contributed by atoms with van der Waals surface area (Å²) < 4.78 is 5.10. The van der Waals surface area contributed by atoms with E-state index in [4.69, 9.17) is 4.74 Å². The van der Waals surface area contributed by atoms with Gasteiger partial charge in [0.2, 0.25) is 5.91 Å². The van der Waals surface area contributed by atoms with Crippen molar-refractivity contribution >= 4 is 17.6 Å². The fourth-order valence-electron chi connectivity index (χ4n) is 3.44. The Hall–Kier alpha value is -3.93. The van der Waals surface area contributed by atoms with Gasteiger partial charge in [0.15, 0.2) is 5.78 Å². The highest BCUT2D eigenvalue weighted by Crippen LogP contribution is 2.36. The molecule has 0 fully saturated rings. The van der Waals surface area contributed by atoms with E-state index < -0.39 is 5.91 Å². The molecule has 0 saturated heterocycles. The van der Waals surface area contributed by atoms with E-state index in [1.165, 1.54) is 0 Å². The Morgan fingerprint density at radius 2 is 1.53 bits per heavy atom. The third kappa shape index (κ3) is 3.80. The molecule has 30 heavy (non-hydrogen) atoms. The largest absolute Gasteiger partial charge is 0.497 e. The summed E-state index contributed by atoms with van der Waals surface area (Å²) in [7, 11) is 1.59. The molecule has 0 bridgehead atoms. The van der Waals surface area contributed by atoms with E-state index in [1.807, 2.05) is 42.5 Å². The van der Waals surface area contributed by atoms with Gasteiger partial charge < -0.3 is 15.4 Å². The van der Waals surface area contributed by atoms with Crippen molar-refractivity contribution in [2.45, 2.75) is 6.54 Å². The molecule has 1 aliphatic rings. The number of benzene rings is 3. The molecule has 0 aromatic heterocycles. The number of nitrogens with one attached hydrogen (secondary N) is 2. The lowest BCUT2D eigenvalue weighted by molar-refractivity contribution is -0.120. The van der Waals surface area contributed by atoms with Gasteiger partial charge in [0.05, 0.1) is 13.7 Å². The minimum absolute atomic E-state index is 0.0903. The minimum atomic E-state index is -0.402. The molecule has 2 N–H and O–H groups in total. The number of carbonyl (C=O) groups excluding carboxylic acids is 3. The molecule has 0 saturated carbocycles. The number of ketones is 1. The van der Waals surface area contributed by atoms with Gasteiger partial charge in [0.1, 0.15) is 5.75 Å². The molecular formula is C24H20N2O4. The average molecular weight is 400 g/mol. The lowest BCUT2D eigenvalue weighted by atomic mass is 10.0. The topological polar surface area (TPSA) is 84.5 Å². The second-order valence-electron chi connectivity index (χ2n) is 6.94. The lowest BCUT2D eigenvalue weighted by Crippen LogP contribution is -2.36. The van der Waals surface area contributed by atoms with Crippen LogP contribution in [0.3, 0.4) is 0 Å². The lowest BCUT2D eigenvalue weighted by Gasteiger charge is -2.08. The second-order valence-corrected chi connectivity index (χ2v) is 6.94. The van der Waals surface area contributed by atoms with Gasteiger partial charge in [-0.2, -0.15) is 0 Å². The summed E-state index contributed by atoms with van der Waals surface area (Å²) in [6.07, 6.45) is 0. The third-order valence-electron chi connectivity index (χ3n) is 5.05. The van der Waals surface area contributed by atoms with E-state index in [-0.39, 0.29) is 18.2 Å². The van der Waals surface area contributed by atoms with Gasteiger partial charge >= 0.3 is 0 Å². The molecule has 2 amide bonds. The van der Waals surface area contributed by atoms with Crippen LogP contribution >= 0.6 is 0 Å². The average Bonchev–Trinajstić information content (AvgIpc) is 3.08. The van der Waals surface area contributed by atoms with Gasteiger partial charge in [-0.25, -0.2) is 0 Å². The number of fused-ring (bicyclic) bond motifs is 3. The summed E-state index contributed by atoms with van der Waals surface area (Å²) in [6, 6.07) is 19.8. The smallest absolute Gasteiger partial charge is 0.251 e. The van der Waals surface area contributed by atoms with E-state index in [1.54, 1.807) is 31.4 Å². The highest BCUT2D eigenvalue weighted by Gasteiger charge is 2.27. The molecule has 4 rings (SSSR count). The number of ether oxygens (including phenoxy) is 1. The molecule has 6 nitrogen and oxygen atoms in total. The Morgan fingerprint density at radius 1 is 0.833 bits per heavy atom. The van der Waals surface area contributed by atoms with Crippen molar-refractivity contribution in [3.63, 3.8) is 0 Å². The third-order valence-corrected chi connectivity index (χ3v) is 5.05. The van der Waals surface area contributed by atoms with E-state index in [2.05, 4.69) is 10.6 Å². The summed E-state index contributed by atoms with van der Waals surface area (Å²) in [5.41, 5.74) is 4.12. The molecule has 0 aliphatic heterocycles. The van der Waals surface area contributed by atoms with E-state index in [9.17, 15) is 14.4 Å². The van der Waals surface area contributed by atoms with Crippen LogP contribution in [0, 0.1) is 0 Å². The highest BCUT2D eigenvalue weighted by molar-refractivity contribution is 6.22. The quantitative estimate of drug-likeness (QED) is 0.521. The first-order chi connectivity index (χ1) is 14.6. The first kappa shape index (κ1) is 19.4. The molecule has 150 valence electrons. The van der Waals surface area contributed by atoms with Crippen molar-refractivity contribution in [2.24, 2.45) is 0 Å². The van der Waals surface area contributed by atoms with Gasteiger partial charge in [0.25, 0.3) is 5.91 Å². The van der Waals surface area contributed by atoms with E-state index in [0.29, 0.717) is 23.2 Å². The number of rotatable bonds is 6. The van der Waals surface area contributed by atoms with Crippen LogP contribution in [0.4, 0.5) is 0 Å². The molecule has 0 radical (unpaired) electrons. The first-order valence-corrected chi connectivity index (χ1v) is 9.53. The molecular weight excluding hydrogens is 380 g/mol. The van der Waals surface area contributed by atoms with Crippen molar-refractivity contribution in [1.29, 1.82) is 0 Å². The normalized spacial score (nSPS) is 11.4. The molecule has 3 aromatic carbocycles. The number of amides is 2. The zero-order valence-electron chi connectivity index (χ0n) is 16.4. The SMILES string of the molecule is COc1ccc(CNC(=O)CNC(=O)c2ccc3c(c2)C(=O)c2ccccc2-3)cc1. The molecule has 0 spiro atoms. The van der Waals surface area contributed by atoms with Crippen molar-refractivity contribution in [3.05, 3.63) is 89.0 Å². The predicted molar refractivity (Wildman–Crippen MR) is 112 cm³/mol. The summed E-state index contributed by atoms with van der Waals surface area (Å²) in [5, 5.41) is 5.35. The van der Waals surface area contributed by atoms with Gasteiger partial charge in [-0.05, 0) is 41.0 Å². The van der Waals surface area contributed by atoms with Crippen LogP contribution < -0.4 is 15.4 Å². The van der Waals surface area contributed by atoms with Crippen molar-refractivity contribution < 1.29 is 19.1 Å². The second kappa shape index (κ2) is 8.21. The van der Waals surface area contributed by atoms with E-state index >= 15 is 0 Å². The van der Waals surface area contributed by atoms with Gasteiger partial charge in [-0.15, -0.1) is 0 Å². The first-order valence-electron chi connectivity index (χ1n) is 9.53. The zero-order chi connectivity index (χ0) is 21.1. The minimum Gasteiger partial charge on any atom is -0.497 e. The maximum absolute atomic E-state index is 12.6. The predicted octanol–water partition coefficient (Wildman–Crippen LogP) is 2.95. The van der Waals surface area contributed by atoms with Crippen LogP contribution in [-0.4, -0.2) is 31.3 Å². The Kier molecular flexibility index (Phi) is 5.30. The summed E-state index contributed by atoms with van der Waals surface area (Å²) in [4.78, 5) is 37.1. The fourth-order valence-corrected chi connectivity index (χ4v) is 3.44. The van der Waals surface area contributed by atoms with Crippen LogP contribution in [0.2, 0.25) is 0 Å². The number of methoxy groups -OCH3 is 1. The summed E-state index contributed by atoms with van der Waals surface area (Å²) in [5.74, 6) is -0.0503. The Bertz CT molecular complexity index is 1140. The standard InChI is InChI=1S/C24H20N2O4/c1-30-17-9-6-15(7-10-17)13-25-22(27)14-26-24(29)16-8-11-19-18-4-2-3-5-20(18)23(28)21(19)12-16/h2-12H,13-14H2,1H3,(H,25,27)(H,26,29). The van der Waals surface area contributed by atoms with Crippen molar-refractivity contribution in [2.75, 3.05) is 13.7 Å². The van der Waals surface area contributed by atoms with Crippen molar-refractivity contribution in [3.8, 4) is 16.9 Å². The van der Waals surface area contributed by atoms with Crippen LogP contribution in [0.25, 0.3) is 11.1 Å². The summed E-state index contributed by atoms with van der Waals surface area (Å²) in [6.45, 7) is 0.199. The zero-order valence-corrected chi connectivity index (χ0v) is 16.4. The Morgan fingerprint density at radius 3 is 2.27 bits per heavy atom. The Balaban J connectivity index is 1.34. The van der Waals surface area contributed by atoms with Crippen LogP contribution in [-0.2, 0) is 11.3 Å². The molecule has 0 atom stereocenters. The molecule has 6 heteroatoms. The monoisotopic (exact) mass is 400 g/mol. The van der Waals surface area contributed by atoms with Crippen LogP contribution in [0.1, 0.15) is 31.8 Å². The number of carbonyl (C=O) groups is 3. The fraction of sp³-hybridized carbons (Fsp3) is 0.125. The van der Waals surface area contributed by atoms with Gasteiger partial charge in [0, 0.05) is 23.2 Å². The van der Waals surface area contributed by atoms with Crippen molar-refractivity contribution in [1.82, 2.24) is 10.6 Å². The highest BCUT2D eigenvalue weighted by atomic mass is 16.5.